The van der Waals surface area contributed by atoms with Crippen molar-refractivity contribution >= 4 is 34.0 Å². The van der Waals surface area contributed by atoms with Crippen LogP contribution < -0.4 is 10.6 Å². The lowest BCUT2D eigenvalue weighted by molar-refractivity contribution is 0.397. The van der Waals surface area contributed by atoms with Crippen molar-refractivity contribution in [2.45, 2.75) is 57.4 Å². The maximum Gasteiger partial charge on any atom is 0.157 e. The van der Waals surface area contributed by atoms with E-state index in [2.05, 4.69) is 41.0 Å². The number of nitrogens with one attached hydrogen (secondary N) is 2. The minimum atomic E-state index is -0.00298. The Hall–Kier alpha value is -1.08. The lowest BCUT2D eigenvalue weighted by Crippen LogP contribution is -2.35. The van der Waals surface area contributed by atoms with Crippen LogP contribution >= 0.6 is 34.0 Å². The molecule has 1 aliphatic rings. The molecule has 0 saturated carbocycles. The molecule has 3 rings (SSSR count). The first kappa shape index (κ1) is 27.0. The molecule has 0 spiro atoms. The Morgan fingerprint density at radius 3 is 2.20 bits per heavy atom. The number of phenols is 2. The van der Waals surface area contributed by atoms with Crippen LogP contribution in [0.25, 0.3) is 0 Å². The van der Waals surface area contributed by atoms with Crippen molar-refractivity contribution in [2.75, 3.05) is 19.6 Å². The summed E-state index contributed by atoms with van der Waals surface area (Å²) in [6.45, 7) is 3.23. The molecular weight excluding hydrogens is 508 g/mol. The van der Waals surface area contributed by atoms with Gasteiger partial charge in [0.2, 0.25) is 0 Å². The molecule has 30 heavy (non-hydrogen) atoms. The maximum absolute atomic E-state index is 9.69. The molecule has 4 N–H and O–H groups in total. The van der Waals surface area contributed by atoms with Gasteiger partial charge in [0.15, 0.2) is 11.5 Å². The van der Waals surface area contributed by atoms with E-state index in [9.17, 15) is 10.2 Å². The average Bonchev–Trinajstić information content (AvgIpc) is 2.71. The molecule has 4 nitrogen and oxygen atoms in total. The largest absolute Gasteiger partial charge is 0.504 e. The zero-order valence-corrected chi connectivity index (χ0v) is 21.0. The quantitative estimate of drug-likeness (QED) is 0.235. The zero-order valence-electron chi connectivity index (χ0n) is 17.6. The molecule has 0 bridgehead atoms. The molecule has 2 aromatic carbocycles. The van der Waals surface area contributed by atoms with E-state index in [0.29, 0.717) is 6.04 Å². The summed E-state index contributed by atoms with van der Waals surface area (Å²) in [4.78, 5) is 0. The molecule has 1 atom stereocenters. The van der Waals surface area contributed by atoms with E-state index in [1.54, 1.807) is 12.1 Å². The Balaban J connectivity index is 0.00000225. The highest BCUT2D eigenvalue weighted by atomic mass is 79.9. The molecule has 0 saturated heterocycles. The molecule has 6 heteroatoms. The third kappa shape index (κ3) is 8.96. The molecule has 0 aromatic heterocycles. The zero-order chi connectivity index (χ0) is 19.6. The maximum atomic E-state index is 9.69. The standard InChI is InChI=1S/C24H34N2O2.2BrH/c27-23-17-20-10-11-22(16-21(20)18-24(23)28)26-14-7-2-1-6-13-25-15-12-19-8-4-3-5-9-19;;/h3-5,8-9,17-18,22,25-28H,1-2,6-7,10-16H2;2*1H. The molecule has 0 fully saturated rings. The van der Waals surface area contributed by atoms with E-state index >= 15 is 0 Å². The minimum Gasteiger partial charge on any atom is -0.504 e. The summed E-state index contributed by atoms with van der Waals surface area (Å²) in [7, 11) is 0. The Bertz CT molecular complexity index is 729. The van der Waals surface area contributed by atoms with Crippen molar-refractivity contribution in [1.82, 2.24) is 10.6 Å². The van der Waals surface area contributed by atoms with Gasteiger partial charge in [-0.15, -0.1) is 34.0 Å². The molecule has 0 amide bonds. The minimum absolute atomic E-state index is 0. The molecular formula is C24H36Br2N2O2. The summed E-state index contributed by atoms with van der Waals surface area (Å²) in [5.74, 6) is -0.00325. The van der Waals surface area contributed by atoms with Gasteiger partial charge in [0, 0.05) is 6.04 Å². The average molecular weight is 544 g/mol. The van der Waals surface area contributed by atoms with Crippen LogP contribution in [0, 0.1) is 0 Å². The van der Waals surface area contributed by atoms with Crippen LogP contribution in [-0.2, 0) is 19.3 Å². The van der Waals surface area contributed by atoms with Crippen LogP contribution in [0.1, 0.15) is 48.8 Å². The van der Waals surface area contributed by atoms with E-state index in [0.717, 1.165) is 45.3 Å². The highest BCUT2D eigenvalue weighted by Crippen LogP contribution is 2.32. The molecule has 0 heterocycles. The summed E-state index contributed by atoms with van der Waals surface area (Å²) >= 11 is 0. The topological polar surface area (TPSA) is 64.5 Å². The van der Waals surface area contributed by atoms with Crippen molar-refractivity contribution in [1.29, 1.82) is 0 Å². The normalized spacial score (nSPS) is 15.0. The number of hydrogen-bond acceptors (Lipinski definition) is 4. The third-order valence-corrected chi connectivity index (χ3v) is 5.67. The van der Waals surface area contributed by atoms with E-state index in [-0.39, 0.29) is 45.5 Å². The number of phenolic OH excluding ortho intramolecular Hbond substituents is 2. The van der Waals surface area contributed by atoms with Crippen LogP contribution in [0.15, 0.2) is 42.5 Å². The number of benzene rings is 2. The lowest BCUT2D eigenvalue weighted by atomic mass is 9.88. The van der Waals surface area contributed by atoms with E-state index in [1.165, 1.54) is 42.4 Å². The summed E-state index contributed by atoms with van der Waals surface area (Å²) in [6.07, 6.45) is 9.12. The predicted molar refractivity (Wildman–Crippen MR) is 136 cm³/mol. The number of aryl methyl sites for hydroxylation is 1. The van der Waals surface area contributed by atoms with Crippen LogP contribution in [0.3, 0.4) is 0 Å². The van der Waals surface area contributed by atoms with Gasteiger partial charge in [0.05, 0.1) is 0 Å². The van der Waals surface area contributed by atoms with Crippen LogP contribution in [-0.4, -0.2) is 35.9 Å². The second-order valence-electron chi connectivity index (χ2n) is 7.90. The number of hydrogen-bond donors (Lipinski definition) is 4. The van der Waals surface area contributed by atoms with Gasteiger partial charge in [-0.2, -0.15) is 0 Å². The number of aromatic hydroxyl groups is 2. The summed E-state index contributed by atoms with van der Waals surface area (Å²) in [5.41, 5.74) is 3.74. The number of rotatable bonds is 11. The van der Waals surface area contributed by atoms with Gasteiger partial charge in [0.1, 0.15) is 0 Å². The van der Waals surface area contributed by atoms with E-state index < -0.39 is 0 Å². The molecule has 1 aliphatic carbocycles. The third-order valence-electron chi connectivity index (χ3n) is 5.67. The molecule has 0 aliphatic heterocycles. The smallest absolute Gasteiger partial charge is 0.157 e. The van der Waals surface area contributed by atoms with Gasteiger partial charge in [0.25, 0.3) is 0 Å². The van der Waals surface area contributed by atoms with Crippen LogP contribution in [0.4, 0.5) is 0 Å². The second-order valence-corrected chi connectivity index (χ2v) is 7.90. The number of halogens is 2. The Kier molecular flexibility index (Phi) is 13.3. The fourth-order valence-electron chi connectivity index (χ4n) is 3.99. The van der Waals surface area contributed by atoms with Crippen LogP contribution in [0.2, 0.25) is 0 Å². The lowest BCUT2D eigenvalue weighted by Gasteiger charge is -2.26. The van der Waals surface area contributed by atoms with Crippen molar-refractivity contribution in [3.8, 4) is 11.5 Å². The van der Waals surface area contributed by atoms with Gasteiger partial charge < -0.3 is 20.8 Å². The fraction of sp³-hybridized carbons (Fsp3) is 0.500. The predicted octanol–water partition coefficient (Wildman–Crippen LogP) is 5.09. The highest BCUT2D eigenvalue weighted by molar-refractivity contribution is 8.93. The van der Waals surface area contributed by atoms with Crippen molar-refractivity contribution in [2.24, 2.45) is 0 Å². The van der Waals surface area contributed by atoms with Gasteiger partial charge in [-0.25, -0.2) is 0 Å². The monoisotopic (exact) mass is 542 g/mol. The molecule has 0 radical (unpaired) electrons. The summed E-state index contributed by atoms with van der Waals surface area (Å²) in [6, 6.07) is 14.6. The summed E-state index contributed by atoms with van der Waals surface area (Å²) in [5, 5.41) is 26.5. The number of fused-ring (bicyclic) bond motifs is 1. The first-order valence-corrected chi connectivity index (χ1v) is 10.7. The fourth-order valence-corrected chi connectivity index (χ4v) is 3.99. The van der Waals surface area contributed by atoms with Gasteiger partial charge in [-0.1, -0.05) is 43.2 Å². The molecule has 168 valence electrons. The van der Waals surface area contributed by atoms with Gasteiger partial charge in [-0.3, -0.25) is 0 Å². The SMILES string of the molecule is Br.Br.Oc1cc2c(cc1O)CC(NCCCCCCNCCc1ccccc1)CC2. The Morgan fingerprint density at radius 1 is 0.800 bits per heavy atom. The number of unbranched alkanes of at least 4 members (excludes halogenated alkanes) is 3. The van der Waals surface area contributed by atoms with Crippen molar-refractivity contribution in [3.05, 3.63) is 59.2 Å². The molecule has 2 aromatic rings. The Labute approximate surface area is 202 Å². The van der Waals surface area contributed by atoms with E-state index in [1.807, 2.05) is 0 Å². The first-order chi connectivity index (χ1) is 13.7. The van der Waals surface area contributed by atoms with Gasteiger partial charge >= 0.3 is 0 Å². The molecule has 1 unspecified atom stereocenters. The van der Waals surface area contributed by atoms with Gasteiger partial charge in [-0.05, 0) is 87.0 Å². The summed E-state index contributed by atoms with van der Waals surface area (Å²) < 4.78 is 0. The first-order valence-electron chi connectivity index (χ1n) is 10.7. The Morgan fingerprint density at radius 2 is 1.47 bits per heavy atom. The second kappa shape index (κ2) is 14.8. The highest BCUT2D eigenvalue weighted by Gasteiger charge is 2.19. The van der Waals surface area contributed by atoms with Crippen molar-refractivity contribution in [3.63, 3.8) is 0 Å². The van der Waals surface area contributed by atoms with E-state index in [4.69, 9.17) is 0 Å². The van der Waals surface area contributed by atoms with Crippen molar-refractivity contribution < 1.29 is 10.2 Å². The van der Waals surface area contributed by atoms with Crippen LogP contribution in [0.5, 0.6) is 11.5 Å².